The number of nitrogens with one attached hydrogen (secondary N) is 1. The van der Waals surface area contributed by atoms with Crippen LogP contribution in [0.5, 0.6) is 11.5 Å². The lowest BCUT2D eigenvalue weighted by atomic mass is 10.1. The Morgan fingerprint density at radius 1 is 1.00 bits per heavy atom. The van der Waals surface area contributed by atoms with Gasteiger partial charge in [-0.1, -0.05) is 42.5 Å². The molecule has 0 aromatic heterocycles. The first-order valence-corrected chi connectivity index (χ1v) is 11.6. The lowest BCUT2D eigenvalue weighted by Crippen LogP contribution is -2.30. The minimum absolute atomic E-state index is 0.0606. The molecule has 3 amide bonds. The number of hydrogen-bond acceptors (Lipinski definition) is 5. The third kappa shape index (κ3) is 5.33. The van der Waals surface area contributed by atoms with Crippen LogP contribution in [0.4, 0.5) is 11.4 Å². The van der Waals surface area contributed by atoms with Gasteiger partial charge in [0.25, 0.3) is 5.91 Å². The monoisotopic (exact) mass is 487 g/mol. The maximum absolute atomic E-state index is 13.2. The van der Waals surface area contributed by atoms with Gasteiger partial charge in [0.2, 0.25) is 11.8 Å². The Bertz CT molecular complexity index is 1260. The molecule has 1 N–H and O–H groups in total. The number of ether oxygens (including phenoxy) is 2. The van der Waals surface area contributed by atoms with E-state index in [0.717, 1.165) is 5.56 Å². The predicted molar refractivity (Wildman–Crippen MR) is 137 cm³/mol. The molecule has 1 heterocycles. The topological polar surface area (TPSA) is 88.2 Å². The fourth-order valence-corrected chi connectivity index (χ4v) is 4.27. The molecule has 0 unspecified atom stereocenters. The van der Waals surface area contributed by atoms with Crippen LogP contribution < -0.4 is 19.7 Å². The highest BCUT2D eigenvalue weighted by Gasteiger charge is 2.36. The van der Waals surface area contributed by atoms with Crippen molar-refractivity contribution in [1.29, 1.82) is 0 Å². The molecule has 1 fully saturated rings. The lowest BCUT2D eigenvalue weighted by molar-refractivity contribution is -0.122. The van der Waals surface area contributed by atoms with Crippen LogP contribution in [0.1, 0.15) is 22.3 Å². The third-order valence-corrected chi connectivity index (χ3v) is 6.20. The fraction of sp³-hybridized carbons (Fsp3) is 0.250. The maximum Gasteiger partial charge on any atom is 0.256 e. The Kier molecular flexibility index (Phi) is 7.53. The van der Waals surface area contributed by atoms with E-state index >= 15 is 0 Å². The molecule has 36 heavy (non-hydrogen) atoms. The van der Waals surface area contributed by atoms with E-state index in [0.29, 0.717) is 35.0 Å². The molecule has 0 bridgehead atoms. The van der Waals surface area contributed by atoms with Crippen molar-refractivity contribution in [2.45, 2.75) is 13.0 Å². The molecule has 0 saturated carbocycles. The van der Waals surface area contributed by atoms with Crippen LogP contribution in [0.15, 0.2) is 72.8 Å². The van der Waals surface area contributed by atoms with Gasteiger partial charge in [-0.2, -0.15) is 0 Å². The average molecular weight is 488 g/mol. The Morgan fingerprint density at radius 3 is 2.44 bits per heavy atom. The van der Waals surface area contributed by atoms with Crippen molar-refractivity contribution in [2.75, 3.05) is 38.0 Å². The molecule has 3 aromatic carbocycles. The van der Waals surface area contributed by atoms with E-state index in [1.807, 2.05) is 30.3 Å². The molecule has 1 saturated heterocycles. The summed E-state index contributed by atoms with van der Waals surface area (Å²) in [5.74, 6) is -0.178. The Balaban J connectivity index is 1.47. The van der Waals surface area contributed by atoms with Crippen LogP contribution in [-0.4, -0.2) is 50.4 Å². The molecule has 1 aliphatic rings. The molecule has 8 heteroatoms. The van der Waals surface area contributed by atoms with E-state index < -0.39 is 5.92 Å². The zero-order valence-electron chi connectivity index (χ0n) is 20.6. The highest BCUT2D eigenvalue weighted by atomic mass is 16.5. The number of methoxy groups -OCH3 is 2. The molecule has 8 nitrogen and oxygen atoms in total. The van der Waals surface area contributed by atoms with E-state index in [1.54, 1.807) is 66.4 Å². The first-order valence-electron chi connectivity index (χ1n) is 11.6. The van der Waals surface area contributed by atoms with Crippen LogP contribution in [0.2, 0.25) is 0 Å². The van der Waals surface area contributed by atoms with Gasteiger partial charge >= 0.3 is 0 Å². The van der Waals surface area contributed by atoms with Gasteiger partial charge in [0.05, 0.1) is 37.1 Å². The average Bonchev–Trinajstić information content (AvgIpc) is 3.30. The van der Waals surface area contributed by atoms with Gasteiger partial charge in [0, 0.05) is 32.6 Å². The van der Waals surface area contributed by atoms with Gasteiger partial charge in [0.15, 0.2) is 0 Å². The van der Waals surface area contributed by atoms with Crippen LogP contribution in [-0.2, 0) is 16.1 Å². The fourth-order valence-electron chi connectivity index (χ4n) is 4.27. The van der Waals surface area contributed by atoms with E-state index in [4.69, 9.17) is 9.47 Å². The predicted octanol–water partition coefficient (Wildman–Crippen LogP) is 3.97. The summed E-state index contributed by atoms with van der Waals surface area (Å²) in [4.78, 5) is 42.3. The number of para-hydroxylation sites is 1. The van der Waals surface area contributed by atoms with E-state index in [1.165, 1.54) is 7.11 Å². The summed E-state index contributed by atoms with van der Waals surface area (Å²) in [5, 5.41) is 2.87. The second-order valence-corrected chi connectivity index (χ2v) is 8.62. The number of nitrogens with zero attached hydrogens (tertiary/aromatic N) is 2. The summed E-state index contributed by atoms with van der Waals surface area (Å²) in [7, 11) is 4.80. The van der Waals surface area contributed by atoms with Crippen LogP contribution in [0.25, 0.3) is 0 Å². The van der Waals surface area contributed by atoms with Gasteiger partial charge in [-0.15, -0.1) is 0 Å². The van der Waals surface area contributed by atoms with Crippen molar-refractivity contribution in [3.05, 3.63) is 83.9 Å². The third-order valence-electron chi connectivity index (χ3n) is 6.20. The standard InChI is InChI=1S/C28H29N3O5/c1-30(17-19-9-5-4-6-10-19)28(34)22-11-7-8-12-23(22)29-27(33)20-15-26(32)31(18-20)24-14-13-21(35-2)16-25(24)36-3/h4-14,16,20H,15,17-18H2,1-3H3,(H,29,33)/t20-/m1/s1. The SMILES string of the molecule is COc1ccc(N2C[C@H](C(=O)Nc3ccccc3C(=O)N(C)Cc3ccccc3)CC2=O)c(OC)c1. The Labute approximate surface area is 210 Å². The van der Waals surface area contributed by atoms with Gasteiger partial charge in [-0.3, -0.25) is 14.4 Å². The number of benzene rings is 3. The summed E-state index contributed by atoms with van der Waals surface area (Å²) >= 11 is 0. The minimum atomic E-state index is -0.575. The van der Waals surface area contributed by atoms with Gasteiger partial charge in [-0.05, 0) is 29.8 Å². The zero-order chi connectivity index (χ0) is 25.7. The molecule has 4 rings (SSSR count). The Hall–Kier alpha value is -4.33. The van der Waals surface area contributed by atoms with E-state index in [9.17, 15) is 14.4 Å². The quantitative estimate of drug-likeness (QED) is 0.520. The number of rotatable bonds is 8. The second kappa shape index (κ2) is 10.9. The molecule has 0 spiro atoms. The van der Waals surface area contributed by atoms with Crippen LogP contribution in [0, 0.1) is 5.92 Å². The largest absolute Gasteiger partial charge is 0.497 e. The van der Waals surface area contributed by atoms with Crippen molar-refractivity contribution in [1.82, 2.24) is 4.90 Å². The van der Waals surface area contributed by atoms with Gasteiger partial charge < -0.3 is 24.6 Å². The number of carbonyl (C=O) groups is 3. The van der Waals surface area contributed by atoms with Crippen molar-refractivity contribution < 1.29 is 23.9 Å². The summed E-state index contributed by atoms with van der Waals surface area (Å²) in [5.41, 5.74) is 2.40. The molecular formula is C28H29N3O5. The molecule has 186 valence electrons. The van der Waals surface area contributed by atoms with Crippen molar-refractivity contribution in [3.63, 3.8) is 0 Å². The van der Waals surface area contributed by atoms with E-state index in [2.05, 4.69) is 5.32 Å². The van der Waals surface area contributed by atoms with Crippen molar-refractivity contribution in [3.8, 4) is 11.5 Å². The molecule has 0 radical (unpaired) electrons. The van der Waals surface area contributed by atoms with E-state index in [-0.39, 0.29) is 30.7 Å². The highest BCUT2D eigenvalue weighted by Crippen LogP contribution is 2.36. The smallest absolute Gasteiger partial charge is 0.256 e. The molecule has 3 aromatic rings. The van der Waals surface area contributed by atoms with Crippen LogP contribution in [0.3, 0.4) is 0 Å². The first kappa shape index (κ1) is 24.8. The Morgan fingerprint density at radius 2 is 1.72 bits per heavy atom. The van der Waals surface area contributed by atoms with Gasteiger partial charge in [0.1, 0.15) is 11.5 Å². The molecule has 1 atom stereocenters. The van der Waals surface area contributed by atoms with Gasteiger partial charge in [-0.25, -0.2) is 0 Å². The number of carbonyl (C=O) groups excluding carboxylic acids is 3. The zero-order valence-corrected chi connectivity index (χ0v) is 20.6. The number of hydrogen-bond donors (Lipinski definition) is 1. The second-order valence-electron chi connectivity index (χ2n) is 8.62. The van der Waals surface area contributed by atoms with Crippen molar-refractivity contribution >= 4 is 29.1 Å². The summed E-state index contributed by atoms with van der Waals surface area (Å²) in [6, 6.07) is 21.8. The molecular weight excluding hydrogens is 458 g/mol. The first-order chi connectivity index (χ1) is 17.4. The highest BCUT2D eigenvalue weighted by molar-refractivity contribution is 6.07. The lowest BCUT2D eigenvalue weighted by Gasteiger charge is -2.21. The number of anilines is 2. The van der Waals surface area contributed by atoms with Crippen molar-refractivity contribution in [2.24, 2.45) is 5.92 Å². The summed E-state index contributed by atoms with van der Waals surface area (Å²) in [6.45, 7) is 0.648. The summed E-state index contributed by atoms with van der Waals surface area (Å²) in [6.07, 6.45) is 0.0606. The minimum Gasteiger partial charge on any atom is -0.497 e. The maximum atomic E-state index is 13.2. The number of amides is 3. The normalized spacial score (nSPS) is 14.9. The molecule has 1 aliphatic heterocycles. The summed E-state index contributed by atoms with van der Waals surface area (Å²) < 4.78 is 10.7. The molecule has 0 aliphatic carbocycles. The van der Waals surface area contributed by atoms with Crippen LogP contribution >= 0.6 is 0 Å².